The topological polar surface area (TPSA) is 98.8 Å². The van der Waals surface area contributed by atoms with Gasteiger partial charge in [0.05, 0.1) is 12.2 Å². The fourth-order valence-corrected chi connectivity index (χ4v) is 1.61. The number of hydrogen-bond acceptors (Lipinski definition) is 6. The third-order valence-corrected chi connectivity index (χ3v) is 2.58. The molecule has 1 N–H and O–H groups in total. The van der Waals surface area contributed by atoms with Crippen molar-refractivity contribution in [2.45, 2.75) is 13.8 Å². The molecule has 1 aromatic rings. The SMILES string of the molecule is CCOC(=O)/C=C/C(=O)OCC(=O)c1ccc(NC(C)=O)cc1F. The number of esters is 2. The summed E-state index contributed by atoms with van der Waals surface area (Å²) in [4.78, 5) is 45.0. The Hall–Kier alpha value is -3.03. The average molecular weight is 337 g/mol. The van der Waals surface area contributed by atoms with Crippen LogP contribution in [0.25, 0.3) is 0 Å². The lowest BCUT2D eigenvalue weighted by molar-refractivity contribution is -0.139. The van der Waals surface area contributed by atoms with Crippen molar-refractivity contribution in [3.8, 4) is 0 Å². The molecule has 0 atom stereocenters. The van der Waals surface area contributed by atoms with Gasteiger partial charge >= 0.3 is 11.9 Å². The number of anilines is 1. The predicted molar refractivity (Wildman–Crippen MR) is 81.8 cm³/mol. The van der Waals surface area contributed by atoms with Crippen LogP contribution in [-0.4, -0.2) is 36.8 Å². The highest BCUT2D eigenvalue weighted by atomic mass is 19.1. The summed E-state index contributed by atoms with van der Waals surface area (Å²) in [6.45, 7) is 2.33. The summed E-state index contributed by atoms with van der Waals surface area (Å²) in [5.41, 5.74) is -0.0859. The van der Waals surface area contributed by atoms with Gasteiger partial charge in [-0.1, -0.05) is 0 Å². The summed E-state index contributed by atoms with van der Waals surface area (Å²) in [7, 11) is 0. The number of carbonyl (C=O) groups is 4. The zero-order valence-electron chi connectivity index (χ0n) is 13.1. The molecule has 0 radical (unpaired) electrons. The van der Waals surface area contributed by atoms with Crippen LogP contribution in [-0.2, 0) is 23.9 Å². The van der Waals surface area contributed by atoms with Gasteiger partial charge in [0.2, 0.25) is 11.7 Å². The molecule has 0 saturated heterocycles. The minimum atomic E-state index is -0.938. The first-order valence-corrected chi connectivity index (χ1v) is 6.95. The first-order valence-electron chi connectivity index (χ1n) is 6.95. The highest BCUT2D eigenvalue weighted by molar-refractivity contribution is 6.00. The van der Waals surface area contributed by atoms with Gasteiger partial charge < -0.3 is 14.8 Å². The van der Waals surface area contributed by atoms with Gasteiger partial charge in [-0.25, -0.2) is 14.0 Å². The number of ether oxygens (including phenoxy) is 2. The first-order chi connectivity index (χ1) is 11.3. The van der Waals surface area contributed by atoms with Crippen molar-refractivity contribution in [2.75, 3.05) is 18.5 Å². The molecule has 0 aromatic heterocycles. The number of amides is 1. The maximum absolute atomic E-state index is 13.8. The lowest BCUT2D eigenvalue weighted by atomic mass is 10.1. The van der Waals surface area contributed by atoms with Crippen molar-refractivity contribution < 1.29 is 33.0 Å². The molecular weight excluding hydrogens is 321 g/mol. The standard InChI is InChI=1S/C16H16FNO6/c1-3-23-15(21)6-7-16(22)24-9-14(20)12-5-4-11(8-13(12)17)18-10(2)19/h4-8H,3,9H2,1-2H3,(H,18,19)/b7-6+. The van der Waals surface area contributed by atoms with E-state index in [4.69, 9.17) is 0 Å². The Bertz CT molecular complexity index is 683. The lowest BCUT2D eigenvalue weighted by Gasteiger charge is -2.06. The second-order valence-corrected chi connectivity index (χ2v) is 4.49. The van der Waals surface area contributed by atoms with E-state index in [1.165, 1.54) is 19.1 Å². The van der Waals surface area contributed by atoms with E-state index < -0.39 is 30.1 Å². The molecule has 1 aromatic carbocycles. The maximum Gasteiger partial charge on any atom is 0.331 e. The summed E-state index contributed by atoms with van der Waals surface area (Å²) >= 11 is 0. The first kappa shape index (κ1) is 19.0. The summed E-state index contributed by atoms with van der Waals surface area (Å²) < 4.78 is 23.0. The Balaban J connectivity index is 2.60. The zero-order valence-corrected chi connectivity index (χ0v) is 13.1. The minimum absolute atomic E-state index is 0.157. The van der Waals surface area contributed by atoms with Gasteiger partial charge in [-0.2, -0.15) is 0 Å². The quantitative estimate of drug-likeness (QED) is 0.461. The van der Waals surface area contributed by atoms with Crippen molar-refractivity contribution in [1.29, 1.82) is 0 Å². The molecule has 0 unspecified atom stereocenters. The molecule has 7 nitrogen and oxygen atoms in total. The van der Waals surface area contributed by atoms with Crippen LogP contribution >= 0.6 is 0 Å². The molecule has 0 aliphatic rings. The Morgan fingerprint density at radius 1 is 1.12 bits per heavy atom. The summed E-state index contributed by atoms with van der Waals surface area (Å²) in [6.07, 6.45) is 1.67. The Labute approximate surface area is 137 Å². The van der Waals surface area contributed by atoms with E-state index in [0.29, 0.717) is 0 Å². The van der Waals surface area contributed by atoms with Crippen LogP contribution < -0.4 is 5.32 Å². The largest absolute Gasteiger partial charge is 0.463 e. The highest BCUT2D eigenvalue weighted by Crippen LogP contribution is 2.15. The number of hydrogen-bond donors (Lipinski definition) is 1. The molecule has 0 aliphatic carbocycles. The lowest BCUT2D eigenvalue weighted by Crippen LogP contribution is -2.15. The van der Waals surface area contributed by atoms with Gasteiger partial charge in [0, 0.05) is 24.8 Å². The molecule has 0 heterocycles. The Morgan fingerprint density at radius 3 is 2.29 bits per heavy atom. The van der Waals surface area contributed by atoms with E-state index in [-0.39, 0.29) is 23.8 Å². The second kappa shape index (κ2) is 9.19. The second-order valence-electron chi connectivity index (χ2n) is 4.49. The van der Waals surface area contributed by atoms with Crippen LogP contribution in [0, 0.1) is 5.82 Å². The molecule has 0 saturated carbocycles. The fraction of sp³-hybridized carbons (Fsp3) is 0.250. The summed E-state index contributed by atoms with van der Waals surface area (Å²) in [5.74, 6) is -3.66. The normalized spacial score (nSPS) is 10.3. The number of rotatable bonds is 7. The third-order valence-electron chi connectivity index (χ3n) is 2.58. The third kappa shape index (κ3) is 6.39. The molecule has 0 fully saturated rings. The van der Waals surface area contributed by atoms with Crippen molar-refractivity contribution in [3.05, 3.63) is 41.7 Å². The predicted octanol–water partition coefficient (Wildman–Crippen LogP) is 1.63. The maximum atomic E-state index is 13.8. The van der Waals surface area contributed by atoms with Crippen molar-refractivity contribution >= 4 is 29.3 Å². The van der Waals surface area contributed by atoms with Crippen molar-refractivity contribution in [3.63, 3.8) is 0 Å². The average Bonchev–Trinajstić information content (AvgIpc) is 2.50. The molecule has 0 bridgehead atoms. The van der Waals surface area contributed by atoms with E-state index in [1.807, 2.05) is 0 Å². The van der Waals surface area contributed by atoms with Gasteiger partial charge in [-0.05, 0) is 25.1 Å². The number of benzene rings is 1. The molecule has 0 spiro atoms. The van der Waals surface area contributed by atoms with Gasteiger partial charge in [-0.15, -0.1) is 0 Å². The van der Waals surface area contributed by atoms with Gasteiger partial charge in [0.25, 0.3) is 0 Å². The van der Waals surface area contributed by atoms with Crippen LogP contribution in [0.5, 0.6) is 0 Å². The molecule has 1 amide bonds. The van der Waals surface area contributed by atoms with Gasteiger partial charge in [-0.3, -0.25) is 9.59 Å². The van der Waals surface area contributed by atoms with E-state index >= 15 is 0 Å². The van der Waals surface area contributed by atoms with E-state index in [0.717, 1.165) is 18.2 Å². The van der Waals surface area contributed by atoms with Gasteiger partial charge in [0.15, 0.2) is 6.61 Å². The van der Waals surface area contributed by atoms with Crippen LogP contribution in [0.1, 0.15) is 24.2 Å². The number of halogens is 1. The van der Waals surface area contributed by atoms with Crippen molar-refractivity contribution in [2.24, 2.45) is 0 Å². The Kier molecular flexibility index (Phi) is 7.28. The number of ketones is 1. The fourth-order valence-electron chi connectivity index (χ4n) is 1.61. The minimum Gasteiger partial charge on any atom is -0.463 e. The van der Waals surface area contributed by atoms with Crippen LogP contribution in [0.2, 0.25) is 0 Å². The van der Waals surface area contributed by atoms with E-state index in [9.17, 15) is 23.6 Å². The molecule has 128 valence electrons. The highest BCUT2D eigenvalue weighted by Gasteiger charge is 2.14. The molecule has 0 aliphatic heterocycles. The van der Waals surface area contributed by atoms with E-state index in [1.54, 1.807) is 6.92 Å². The number of Topliss-reactive ketones (excluding diaryl/α,β-unsaturated/α-hetero) is 1. The smallest absolute Gasteiger partial charge is 0.331 e. The van der Waals surface area contributed by atoms with Crippen LogP contribution in [0.3, 0.4) is 0 Å². The molecule has 8 heteroatoms. The molecule has 24 heavy (non-hydrogen) atoms. The van der Waals surface area contributed by atoms with Crippen LogP contribution in [0.4, 0.5) is 10.1 Å². The van der Waals surface area contributed by atoms with Gasteiger partial charge in [0.1, 0.15) is 5.82 Å². The van der Waals surface area contributed by atoms with Crippen molar-refractivity contribution in [1.82, 2.24) is 0 Å². The van der Waals surface area contributed by atoms with E-state index in [2.05, 4.69) is 14.8 Å². The zero-order chi connectivity index (χ0) is 18.1. The number of nitrogens with one attached hydrogen (secondary N) is 1. The summed E-state index contributed by atoms with van der Waals surface area (Å²) in [6, 6.07) is 3.50. The molecule has 1 rings (SSSR count). The number of carbonyl (C=O) groups excluding carboxylic acids is 4. The monoisotopic (exact) mass is 337 g/mol. The Morgan fingerprint density at radius 2 is 1.75 bits per heavy atom. The summed E-state index contributed by atoms with van der Waals surface area (Å²) in [5, 5.41) is 2.37. The van der Waals surface area contributed by atoms with Crippen LogP contribution in [0.15, 0.2) is 30.4 Å². The molecular formula is C16H16FNO6.